The van der Waals surface area contributed by atoms with Crippen LogP contribution in [0.1, 0.15) is 21.5 Å². The van der Waals surface area contributed by atoms with E-state index in [1.54, 1.807) is 60.7 Å². The van der Waals surface area contributed by atoms with Gasteiger partial charge < -0.3 is 10.1 Å². The fraction of sp³-hybridized carbons (Fsp3) is 0.0417. The van der Waals surface area contributed by atoms with Crippen LogP contribution in [0, 0.1) is 18.3 Å². The number of aryl methyl sites for hydroxylation is 1. The Morgan fingerprint density at radius 3 is 2.40 bits per heavy atom. The topological polar surface area (TPSA) is 79.2 Å². The number of carbonyl (C=O) groups is 2. The molecule has 1 N–H and O–H groups in total. The summed E-state index contributed by atoms with van der Waals surface area (Å²) in [6, 6.07) is 22.6. The molecule has 0 saturated carbocycles. The summed E-state index contributed by atoms with van der Waals surface area (Å²) in [5.74, 6) is -0.688. The molecule has 3 aromatic carbocycles. The quantitative estimate of drug-likeness (QED) is 0.235. The molecule has 1 amide bonds. The van der Waals surface area contributed by atoms with E-state index in [1.807, 2.05) is 25.1 Å². The predicted molar refractivity (Wildman–Crippen MR) is 119 cm³/mol. The van der Waals surface area contributed by atoms with Crippen molar-refractivity contribution in [3.05, 3.63) is 99.5 Å². The van der Waals surface area contributed by atoms with E-state index >= 15 is 0 Å². The maximum atomic E-state index is 12.4. The minimum Gasteiger partial charge on any atom is -0.423 e. The first kappa shape index (κ1) is 21.0. The van der Waals surface area contributed by atoms with Crippen molar-refractivity contribution in [2.24, 2.45) is 0 Å². The molecule has 3 aromatic rings. The standard InChI is InChI=1S/C24H17BrN2O3/c1-16-5-7-18(8-6-16)24(29)30-22-4-2-3-17(14-22)13-19(15-26)23(28)27-21-11-9-20(25)10-12-21/h2-14H,1H3,(H,27,28)/b19-13+. The van der Waals surface area contributed by atoms with Crippen LogP contribution in [0.15, 0.2) is 82.8 Å². The van der Waals surface area contributed by atoms with Gasteiger partial charge in [-0.3, -0.25) is 4.79 Å². The lowest BCUT2D eigenvalue weighted by Crippen LogP contribution is -2.13. The number of nitrogens with zero attached hydrogens (tertiary/aromatic N) is 1. The van der Waals surface area contributed by atoms with Gasteiger partial charge in [-0.05, 0) is 67.1 Å². The number of ether oxygens (including phenoxy) is 1. The monoisotopic (exact) mass is 460 g/mol. The van der Waals surface area contributed by atoms with Crippen molar-refractivity contribution in [2.45, 2.75) is 6.92 Å². The van der Waals surface area contributed by atoms with E-state index in [0.717, 1.165) is 10.0 Å². The fourth-order valence-electron chi connectivity index (χ4n) is 2.57. The van der Waals surface area contributed by atoms with Crippen LogP contribution < -0.4 is 10.1 Å². The van der Waals surface area contributed by atoms with Gasteiger partial charge in [0.15, 0.2) is 0 Å². The van der Waals surface area contributed by atoms with E-state index in [0.29, 0.717) is 22.6 Å². The Labute approximate surface area is 182 Å². The number of nitrogens with one attached hydrogen (secondary N) is 1. The van der Waals surface area contributed by atoms with E-state index in [1.165, 1.54) is 6.08 Å². The van der Waals surface area contributed by atoms with Gasteiger partial charge in [-0.1, -0.05) is 45.8 Å². The molecule has 0 aliphatic rings. The molecule has 0 bridgehead atoms. The Morgan fingerprint density at radius 2 is 1.73 bits per heavy atom. The number of anilines is 1. The lowest BCUT2D eigenvalue weighted by Gasteiger charge is -2.06. The highest BCUT2D eigenvalue weighted by Crippen LogP contribution is 2.19. The highest BCUT2D eigenvalue weighted by Gasteiger charge is 2.11. The first-order chi connectivity index (χ1) is 14.4. The van der Waals surface area contributed by atoms with Crippen LogP contribution in [0.5, 0.6) is 5.75 Å². The average molecular weight is 461 g/mol. The van der Waals surface area contributed by atoms with Gasteiger partial charge in [-0.15, -0.1) is 0 Å². The summed E-state index contributed by atoms with van der Waals surface area (Å²) in [6.45, 7) is 1.94. The highest BCUT2D eigenvalue weighted by molar-refractivity contribution is 9.10. The smallest absolute Gasteiger partial charge is 0.343 e. The highest BCUT2D eigenvalue weighted by atomic mass is 79.9. The summed E-state index contributed by atoms with van der Waals surface area (Å²) in [5.41, 5.74) is 2.55. The number of amides is 1. The van der Waals surface area contributed by atoms with Gasteiger partial charge in [0, 0.05) is 10.2 Å². The first-order valence-electron chi connectivity index (χ1n) is 9.02. The van der Waals surface area contributed by atoms with Crippen LogP contribution in [-0.4, -0.2) is 11.9 Å². The van der Waals surface area contributed by atoms with E-state index in [2.05, 4.69) is 21.2 Å². The second-order valence-corrected chi connectivity index (χ2v) is 7.37. The minimum atomic E-state index is -0.526. The van der Waals surface area contributed by atoms with Crippen molar-refractivity contribution in [1.82, 2.24) is 0 Å². The van der Waals surface area contributed by atoms with Gasteiger partial charge in [0.2, 0.25) is 0 Å². The number of nitriles is 1. The lowest BCUT2D eigenvalue weighted by molar-refractivity contribution is -0.112. The molecule has 30 heavy (non-hydrogen) atoms. The molecule has 0 aliphatic heterocycles. The predicted octanol–water partition coefficient (Wildman–Crippen LogP) is 5.52. The zero-order valence-electron chi connectivity index (χ0n) is 16.1. The normalized spacial score (nSPS) is 10.8. The van der Waals surface area contributed by atoms with Gasteiger partial charge in [-0.2, -0.15) is 5.26 Å². The molecule has 148 valence electrons. The fourth-order valence-corrected chi connectivity index (χ4v) is 2.83. The van der Waals surface area contributed by atoms with Crippen LogP contribution in [0.3, 0.4) is 0 Å². The van der Waals surface area contributed by atoms with Crippen LogP contribution >= 0.6 is 15.9 Å². The maximum absolute atomic E-state index is 12.4. The molecule has 0 spiro atoms. The Balaban J connectivity index is 1.74. The minimum absolute atomic E-state index is 0.0695. The van der Waals surface area contributed by atoms with E-state index < -0.39 is 11.9 Å². The molecular formula is C24H17BrN2O3. The molecule has 0 saturated heterocycles. The molecule has 3 rings (SSSR count). The average Bonchev–Trinajstić information content (AvgIpc) is 2.74. The summed E-state index contributed by atoms with van der Waals surface area (Å²) in [4.78, 5) is 24.7. The van der Waals surface area contributed by atoms with E-state index in [9.17, 15) is 14.9 Å². The van der Waals surface area contributed by atoms with Crippen LogP contribution in [0.25, 0.3) is 6.08 Å². The summed E-state index contributed by atoms with van der Waals surface area (Å²) in [7, 11) is 0. The summed E-state index contributed by atoms with van der Waals surface area (Å²) >= 11 is 3.33. The number of carbonyl (C=O) groups excluding carboxylic acids is 2. The Hall–Kier alpha value is -3.69. The van der Waals surface area contributed by atoms with Crippen LogP contribution in [0.2, 0.25) is 0 Å². The Kier molecular flexibility index (Phi) is 6.79. The van der Waals surface area contributed by atoms with Gasteiger partial charge in [-0.25, -0.2) is 4.79 Å². The second-order valence-electron chi connectivity index (χ2n) is 6.46. The van der Waals surface area contributed by atoms with E-state index in [-0.39, 0.29) is 5.57 Å². The van der Waals surface area contributed by atoms with Gasteiger partial charge in [0.05, 0.1) is 5.56 Å². The van der Waals surface area contributed by atoms with E-state index in [4.69, 9.17) is 4.74 Å². The molecule has 0 unspecified atom stereocenters. The number of esters is 1. The number of benzene rings is 3. The third kappa shape index (κ3) is 5.66. The molecular weight excluding hydrogens is 444 g/mol. The van der Waals surface area contributed by atoms with Crippen molar-refractivity contribution in [3.63, 3.8) is 0 Å². The van der Waals surface area contributed by atoms with Crippen LogP contribution in [-0.2, 0) is 4.79 Å². The second kappa shape index (κ2) is 9.68. The van der Waals surface area contributed by atoms with Crippen molar-refractivity contribution in [3.8, 4) is 11.8 Å². The van der Waals surface area contributed by atoms with Crippen molar-refractivity contribution >= 4 is 39.6 Å². The maximum Gasteiger partial charge on any atom is 0.343 e. The first-order valence-corrected chi connectivity index (χ1v) is 9.81. The zero-order valence-corrected chi connectivity index (χ0v) is 17.6. The largest absolute Gasteiger partial charge is 0.423 e. The SMILES string of the molecule is Cc1ccc(C(=O)Oc2cccc(/C=C(\C#N)C(=O)Nc3ccc(Br)cc3)c2)cc1. The van der Waals surface area contributed by atoms with Crippen molar-refractivity contribution in [2.75, 3.05) is 5.32 Å². The third-order valence-electron chi connectivity index (χ3n) is 4.13. The number of halogens is 1. The summed E-state index contributed by atoms with van der Waals surface area (Å²) in [6.07, 6.45) is 1.44. The molecule has 0 heterocycles. The van der Waals surface area contributed by atoms with Gasteiger partial charge >= 0.3 is 5.97 Å². The summed E-state index contributed by atoms with van der Waals surface area (Å²) in [5, 5.41) is 12.1. The molecule has 0 fully saturated rings. The third-order valence-corrected chi connectivity index (χ3v) is 4.66. The molecule has 6 heteroatoms. The van der Waals surface area contributed by atoms with Gasteiger partial charge in [0.1, 0.15) is 17.4 Å². The molecule has 5 nitrogen and oxygen atoms in total. The molecule has 0 atom stereocenters. The van der Waals surface area contributed by atoms with Crippen molar-refractivity contribution < 1.29 is 14.3 Å². The number of rotatable bonds is 5. The molecule has 0 radical (unpaired) electrons. The molecule has 0 aromatic heterocycles. The zero-order chi connectivity index (χ0) is 21.5. The van der Waals surface area contributed by atoms with Crippen LogP contribution in [0.4, 0.5) is 5.69 Å². The van der Waals surface area contributed by atoms with Crippen molar-refractivity contribution in [1.29, 1.82) is 5.26 Å². The molecule has 0 aliphatic carbocycles. The lowest BCUT2D eigenvalue weighted by atomic mass is 10.1. The number of hydrogen-bond acceptors (Lipinski definition) is 4. The Bertz CT molecular complexity index is 1140. The van der Waals surface area contributed by atoms with Gasteiger partial charge in [0.25, 0.3) is 5.91 Å². The summed E-state index contributed by atoms with van der Waals surface area (Å²) < 4.78 is 6.29. The number of hydrogen-bond donors (Lipinski definition) is 1. The Morgan fingerprint density at radius 1 is 1.03 bits per heavy atom.